The van der Waals surface area contributed by atoms with Gasteiger partial charge in [0.2, 0.25) is 0 Å². The van der Waals surface area contributed by atoms with Gasteiger partial charge in [-0.3, -0.25) is 4.90 Å². The minimum Gasteiger partial charge on any atom is -0.489 e. The lowest BCUT2D eigenvalue weighted by Gasteiger charge is -2.26. The summed E-state index contributed by atoms with van der Waals surface area (Å²) in [5.41, 5.74) is 2.45. The van der Waals surface area contributed by atoms with Gasteiger partial charge in [0.25, 0.3) is 0 Å². The van der Waals surface area contributed by atoms with E-state index < -0.39 is 0 Å². The van der Waals surface area contributed by atoms with Gasteiger partial charge in [0.15, 0.2) is 0 Å². The quantitative estimate of drug-likeness (QED) is 0.837. The van der Waals surface area contributed by atoms with Crippen LogP contribution in [0, 0.1) is 0 Å². The molecule has 0 saturated heterocycles. The van der Waals surface area contributed by atoms with Crippen LogP contribution in [0.1, 0.15) is 32.3 Å². The lowest BCUT2D eigenvalue weighted by molar-refractivity contribution is 0.256. The molecule has 0 atom stereocenters. The van der Waals surface area contributed by atoms with Crippen molar-refractivity contribution in [3.63, 3.8) is 0 Å². The minimum atomic E-state index is 0.769. The number of nitrogens with one attached hydrogen (secondary N) is 1. The molecule has 100 valence electrons. The average Bonchev–Trinajstić information content (AvgIpc) is 2.40. The number of anilines is 1. The van der Waals surface area contributed by atoms with Crippen LogP contribution in [0.15, 0.2) is 18.2 Å². The Hall–Kier alpha value is -1.22. The topological polar surface area (TPSA) is 24.5 Å². The molecule has 1 N–H and O–H groups in total. The maximum absolute atomic E-state index is 5.82. The fraction of sp³-hybridized carbons (Fsp3) is 0.600. The number of rotatable bonds is 6. The first-order valence-electron chi connectivity index (χ1n) is 7.06. The Labute approximate surface area is 110 Å². The molecular formula is C15H24N2O. The summed E-state index contributed by atoms with van der Waals surface area (Å²) in [4.78, 5) is 2.51. The summed E-state index contributed by atoms with van der Waals surface area (Å²) in [6, 6.07) is 6.40. The smallest absolute Gasteiger partial charge is 0.146 e. The third-order valence-electron chi connectivity index (χ3n) is 3.23. The lowest BCUT2D eigenvalue weighted by Crippen LogP contribution is -2.26. The van der Waals surface area contributed by atoms with Crippen LogP contribution in [0.2, 0.25) is 0 Å². The van der Waals surface area contributed by atoms with Gasteiger partial charge in [-0.25, -0.2) is 0 Å². The highest BCUT2D eigenvalue weighted by Gasteiger charge is 2.15. The van der Waals surface area contributed by atoms with Crippen molar-refractivity contribution >= 4 is 5.69 Å². The second-order valence-corrected chi connectivity index (χ2v) is 4.85. The highest BCUT2D eigenvalue weighted by Crippen LogP contribution is 2.32. The molecule has 3 nitrogen and oxygen atoms in total. The van der Waals surface area contributed by atoms with Crippen LogP contribution in [0.25, 0.3) is 0 Å². The molecule has 0 unspecified atom stereocenters. The number of benzene rings is 1. The van der Waals surface area contributed by atoms with Gasteiger partial charge in [-0.15, -0.1) is 0 Å². The Bertz CT molecular complexity index is 373. The van der Waals surface area contributed by atoms with E-state index in [1.165, 1.54) is 18.4 Å². The summed E-state index contributed by atoms with van der Waals surface area (Å²) in [5, 5.41) is 3.40. The first-order valence-corrected chi connectivity index (χ1v) is 7.06. The number of hydrogen-bond acceptors (Lipinski definition) is 3. The van der Waals surface area contributed by atoms with Crippen LogP contribution in [-0.4, -0.2) is 31.1 Å². The second-order valence-electron chi connectivity index (χ2n) is 4.85. The van der Waals surface area contributed by atoms with E-state index >= 15 is 0 Å². The molecule has 18 heavy (non-hydrogen) atoms. The molecule has 0 aromatic heterocycles. The summed E-state index contributed by atoms with van der Waals surface area (Å²) in [5.74, 6) is 1.06. The standard InChI is InChI=1S/C15H24N2O/c1-3-9-17(10-4-2)12-13-6-5-7-14-15(13)18-11-8-16-14/h5-7,16H,3-4,8-12H2,1-2H3. The molecule has 1 heterocycles. The molecule has 0 bridgehead atoms. The zero-order chi connectivity index (χ0) is 12.8. The van der Waals surface area contributed by atoms with Crippen molar-refractivity contribution in [3.8, 4) is 5.75 Å². The molecule has 0 spiro atoms. The molecule has 1 aliphatic heterocycles. The molecule has 3 heteroatoms. The first kappa shape index (κ1) is 13.2. The number of ether oxygens (including phenoxy) is 1. The maximum atomic E-state index is 5.82. The molecule has 0 saturated carbocycles. The van der Waals surface area contributed by atoms with Gasteiger partial charge in [-0.05, 0) is 32.0 Å². The van der Waals surface area contributed by atoms with E-state index in [9.17, 15) is 0 Å². The van der Waals surface area contributed by atoms with Gasteiger partial charge >= 0.3 is 0 Å². The highest BCUT2D eigenvalue weighted by atomic mass is 16.5. The predicted molar refractivity (Wildman–Crippen MR) is 76.3 cm³/mol. The van der Waals surface area contributed by atoms with E-state index in [0.717, 1.165) is 44.2 Å². The van der Waals surface area contributed by atoms with Crippen molar-refractivity contribution in [1.82, 2.24) is 4.90 Å². The summed E-state index contributed by atoms with van der Waals surface area (Å²) in [6.45, 7) is 9.46. The Morgan fingerprint density at radius 2 is 2.00 bits per heavy atom. The Balaban J connectivity index is 2.12. The molecule has 0 radical (unpaired) electrons. The van der Waals surface area contributed by atoms with Gasteiger partial charge in [-0.1, -0.05) is 26.0 Å². The Morgan fingerprint density at radius 1 is 1.22 bits per heavy atom. The van der Waals surface area contributed by atoms with Gasteiger partial charge in [0.1, 0.15) is 12.4 Å². The van der Waals surface area contributed by atoms with Crippen molar-refractivity contribution in [2.45, 2.75) is 33.2 Å². The number of hydrogen-bond donors (Lipinski definition) is 1. The fourth-order valence-corrected chi connectivity index (χ4v) is 2.50. The Kier molecular flexibility index (Phi) is 4.88. The zero-order valence-electron chi connectivity index (χ0n) is 11.5. The van der Waals surface area contributed by atoms with E-state index in [1.54, 1.807) is 0 Å². The number of fused-ring (bicyclic) bond motifs is 1. The van der Waals surface area contributed by atoms with E-state index in [1.807, 2.05) is 0 Å². The molecule has 0 fully saturated rings. The predicted octanol–water partition coefficient (Wildman–Crippen LogP) is 3.11. The van der Waals surface area contributed by atoms with Gasteiger partial charge in [-0.2, -0.15) is 0 Å². The van der Waals surface area contributed by atoms with Crippen molar-refractivity contribution < 1.29 is 4.74 Å². The van der Waals surface area contributed by atoms with E-state index in [2.05, 4.69) is 42.3 Å². The fourth-order valence-electron chi connectivity index (χ4n) is 2.50. The molecule has 1 aliphatic rings. The summed E-state index contributed by atoms with van der Waals surface area (Å²) >= 11 is 0. The Morgan fingerprint density at radius 3 is 2.72 bits per heavy atom. The monoisotopic (exact) mass is 248 g/mol. The largest absolute Gasteiger partial charge is 0.489 e. The highest BCUT2D eigenvalue weighted by molar-refractivity contribution is 5.61. The van der Waals surface area contributed by atoms with Crippen molar-refractivity contribution in [2.24, 2.45) is 0 Å². The normalized spacial score (nSPS) is 13.9. The third-order valence-corrected chi connectivity index (χ3v) is 3.23. The lowest BCUT2D eigenvalue weighted by atomic mass is 10.1. The average molecular weight is 248 g/mol. The van der Waals surface area contributed by atoms with E-state index in [0.29, 0.717) is 0 Å². The molecule has 0 amide bonds. The van der Waals surface area contributed by atoms with Crippen molar-refractivity contribution in [3.05, 3.63) is 23.8 Å². The van der Waals surface area contributed by atoms with Crippen LogP contribution in [-0.2, 0) is 6.54 Å². The molecule has 1 aromatic rings. The summed E-state index contributed by atoms with van der Waals surface area (Å²) < 4.78 is 5.82. The van der Waals surface area contributed by atoms with E-state index in [4.69, 9.17) is 4.74 Å². The molecule has 1 aromatic carbocycles. The van der Waals surface area contributed by atoms with Crippen LogP contribution < -0.4 is 10.1 Å². The van der Waals surface area contributed by atoms with Gasteiger partial charge < -0.3 is 10.1 Å². The van der Waals surface area contributed by atoms with Crippen molar-refractivity contribution in [1.29, 1.82) is 0 Å². The number of nitrogens with zero attached hydrogens (tertiary/aromatic N) is 1. The first-order chi connectivity index (χ1) is 8.85. The van der Waals surface area contributed by atoms with Crippen LogP contribution in [0.4, 0.5) is 5.69 Å². The van der Waals surface area contributed by atoms with E-state index in [-0.39, 0.29) is 0 Å². The SMILES string of the molecule is CCCN(CCC)Cc1cccc2c1OCCN2. The molecular weight excluding hydrogens is 224 g/mol. The van der Waals surface area contributed by atoms with Crippen LogP contribution >= 0.6 is 0 Å². The molecule has 2 rings (SSSR count). The van der Waals surface area contributed by atoms with Crippen LogP contribution in [0.3, 0.4) is 0 Å². The second kappa shape index (κ2) is 6.64. The van der Waals surface area contributed by atoms with Crippen molar-refractivity contribution in [2.75, 3.05) is 31.6 Å². The summed E-state index contributed by atoms with van der Waals surface area (Å²) in [7, 11) is 0. The minimum absolute atomic E-state index is 0.769. The maximum Gasteiger partial charge on any atom is 0.146 e. The van der Waals surface area contributed by atoms with Crippen LogP contribution in [0.5, 0.6) is 5.75 Å². The third kappa shape index (κ3) is 3.16. The number of para-hydroxylation sites is 1. The van der Waals surface area contributed by atoms with Gasteiger partial charge in [0, 0.05) is 18.7 Å². The van der Waals surface area contributed by atoms with Gasteiger partial charge in [0.05, 0.1) is 5.69 Å². The molecule has 0 aliphatic carbocycles. The zero-order valence-corrected chi connectivity index (χ0v) is 11.5. The summed E-state index contributed by atoms with van der Waals surface area (Å²) in [6.07, 6.45) is 2.41.